The third-order valence-electron chi connectivity index (χ3n) is 4.75. The van der Waals surface area contributed by atoms with Crippen molar-refractivity contribution in [2.45, 2.75) is 26.2 Å². The highest BCUT2D eigenvalue weighted by Gasteiger charge is 2.28. The molecule has 0 atom stereocenters. The van der Waals surface area contributed by atoms with Crippen LogP contribution in [0.1, 0.15) is 35.4 Å². The quantitative estimate of drug-likeness (QED) is 0.624. The fraction of sp³-hybridized carbons (Fsp3) is 0.412. The smallest absolute Gasteiger partial charge is 0.303 e. The van der Waals surface area contributed by atoms with Crippen molar-refractivity contribution in [2.75, 3.05) is 13.1 Å². The van der Waals surface area contributed by atoms with Gasteiger partial charge in [0.1, 0.15) is 0 Å². The average Bonchev–Trinajstić information content (AvgIpc) is 3.03. The maximum atomic E-state index is 12.8. The zero-order valence-corrected chi connectivity index (χ0v) is 14.7. The largest absolute Gasteiger partial charge is 0.481 e. The summed E-state index contributed by atoms with van der Waals surface area (Å²) in [7, 11) is 0. The van der Waals surface area contributed by atoms with Gasteiger partial charge in [0.15, 0.2) is 5.69 Å². The monoisotopic (exact) mass is 373 g/mol. The number of benzene rings is 1. The van der Waals surface area contributed by atoms with Crippen LogP contribution in [0.5, 0.6) is 0 Å². The Morgan fingerprint density at radius 3 is 2.67 bits per heavy atom. The number of carbonyl (C=O) groups is 2. The van der Waals surface area contributed by atoms with Crippen LogP contribution in [-0.2, 0) is 4.79 Å². The molecule has 10 nitrogen and oxygen atoms in total. The van der Waals surface area contributed by atoms with E-state index in [2.05, 4.69) is 10.3 Å². The summed E-state index contributed by atoms with van der Waals surface area (Å²) in [5, 5.41) is 27.8. The summed E-state index contributed by atoms with van der Waals surface area (Å²) in [6.45, 7) is 2.63. The standard InChI is InChI=1S/C17H19N5O5/c1-11-16(17(25)20-7-5-12(6-8-20)9-15(23)24)18-19-21(11)13-3-2-4-14(10-13)22(26)27/h2-4,10,12H,5-9H2,1H3,(H,23,24). The van der Waals surface area contributed by atoms with Gasteiger partial charge in [0.25, 0.3) is 11.6 Å². The number of piperidine rings is 1. The molecule has 27 heavy (non-hydrogen) atoms. The molecule has 0 spiro atoms. The minimum atomic E-state index is -0.824. The highest BCUT2D eigenvalue weighted by molar-refractivity contribution is 5.93. The molecule has 1 N–H and O–H groups in total. The molecule has 1 aliphatic heterocycles. The molecular weight excluding hydrogens is 354 g/mol. The second kappa shape index (κ2) is 7.52. The summed E-state index contributed by atoms with van der Waals surface area (Å²) in [6.07, 6.45) is 1.39. The highest BCUT2D eigenvalue weighted by atomic mass is 16.6. The van der Waals surface area contributed by atoms with Gasteiger partial charge >= 0.3 is 5.97 Å². The summed E-state index contributed by atoms with van der Waals surface area (Å²) in [5.74, 6) is -1.01. The van der Waals surface area contributed by atoms with E-state index in [1.54, 1.807) is 24.0 Å². The van der Waals surface area contributed by atoms with Gasteiger partial charge in [-0.3, -0.25) is 19.7 Å². The minimum absolute atomic E-state index is 0.0734. The van der Waals surface area contributed by atoms with Crippen molar-refractivity contribution < 1.29 is 19.6 Å². The van der Waals surface area contributed by atoms with Crippen LogP contribution in [0.4, 0.5) is 5.69 Å². The fourth-order valence-electron chi connectivity index (χ4n) is 3.25. The highest BCUT2D eigenvalue weighted by Crippen LogP contribution is 2.23. The third kappa shape index (κ3) is 3.94. The number of nitro benzene ring substituents is 1. The van der Waals surface area contributed by atoms with Crippen LogP contribution in [0.2, 0.25) is 0 Å². The van der Waals surface area contributed by atoms with Gasteiger partial charge in [0.2, 0.25) is 0 Å². The Balaban J connectivity index is 1.76. The molecular formula is C17H19N5O5. The van der Waals surface area contributed by atoms with Gasteiger partial charge < -0.3 is 10.0 Å². The van der Waals surface area contributed by atoms with E-state index in [4.69, 9.17) is 5.11 Å². The number of carbonyl (C=O) groups excluding carboxylic acids is 1. The maximum absolute atomic E-state index is 12.8. The molecule has 1 aromatic carbocycles. The molecule has 1 fully saturated rings. The van der Waals surface area contributed by atoms with Gasteiger partial charge in [-0.15, -0.1) is 5.10 Å². The Kier molecular flexibility index (Phi) is 5.15. The number of aliphatic carboxylic acids is 1. The molecule has 1 saturated heterocycles. The van der Waals surface area contributed by atoms with Crippen LogP contribution in [0.25, 0.3) is 5.69 Å². The van der Waals surface area contributed by atoms with Gasteiger partial charge in [-0.2, -0.15) is 0 Å². The first-order valence-corrected chi connectivity index (χ1v) is 8.55. The lowest BCUT2D eigenvalue weighted by molar-refractivity contribution is -0.384. The second-order valence-electron chi connectivity index (χ2n) is 6.55. The van der Waals surface area contributed by atoms with Gasteiger partial charge in [0, 0.05) is 31.6 Å². The van der Waals surface area contributed by atoms with E-state index < -0.39 is 10.9 Å². The zero-order valence-electron chi connectivity index (χ0n) is 14.7. The van der Waals surface area contributed by atoms with E-state index in [0.29, 0.717) is 37.3 Å². The predicted molar refractivity (Wildman–Crippen MR) is 93.6 cm³/mol. The number of aromatic nitrogens is 3. The molecule has 2 aromatic rings. The minimum Gasteiger partial charge on any atom is -0.481 e. The Labute approximate surface area is 154 Å². The summed E-state index contributed by atoms with van der Waals surface area (Å²) in [5.41, 5.74) is 1.07. The van der Waals surface area contributed by atoms with E-state index in [1.165, 1.54) is 16.8 Å². The van der Waals surface area contributed by atoms with E-state index in [1.807, 2.05) is 0 Å². The molecule has 0 bridgehead atoms. The summed E-state index contributed by atoms with van der Waals surface area (Å²) in [6, 6.07) is 5.94. The van der Waals surface area contributed by atoms with Crippen LogP contribution in [0.15, 0.2) is 24.3 Å². The molecule has 0 radical (unpaired) electrons. The van der Waals surface area contributed by atoms with Crippen molar-refractivity contribution in [1.82, 2.24) is 19.9 Å². The van der Waals surface area contributed by atoms with Gasteiger partial charge in [0.05, 0.1) is 16.3 Å². The summed E-state index contributed by atoms with van der Waals surface area (Å²) < 4.78 is 1.40. The van der Waals surface area contributed by atoms with Crippen LogP contribution in [0.3, 0.4) is 0 Å². The van der Waals surface area contributed by atoms with Gasteiger partial charge in [-0.1, -0.05) is 11.3 Å². The molecule has 0 aliphatic carbocycles. The Morgan fingerprint density at radius 1 is 1.33 bits per heavy atom. The summed E-state index contributed by atoms with van der Waals surface area (Å²) in [4.78, 5) is 35.7. The lowest BCUT2D eigenvalue weighted by atomic mass is 9.93. The number of nitro groups is 1. The topological polar surface area (TPSA) is 131 Å². The molecule has 1 aromatic heterocycles. The molecule has 2 heterocycles. The first-order chi connectivity index (χ1) is 12.9. The lowest BCUT2D eigenvalue weighted by Gasteiger charge is -2.30. The Hall–Kier alpha value is -3.30. The Morgan fingerprint density at radius 2 is 2.04 bits per heavy atom. The molecule has 0 saturated carbocycles. The number of non-ortho nitro benzene ring substituents is 1. The number of likely N-dealkylation sites (tertiary alicyclic amines) is 1. The van der Waals surface area contributed by atoms with Crippen LogP contribution in [-0.4, -0.2) is 54.9 Å². The molecule has 1 aliphatic rings. The van der Waals surface area contributed by atoms with E-state index in [9.17, 15) is 19.7 Å². The normalized spacial score (nSPS) is 14.9. The number of hydrogen-bond donors (Lipinski definition) is 1. The number of amides is 1. The molecule has 10 heteroatoms. The number of carboxylic acids is 1. The van der Waals surface area contributed by atoms with E-state index >= 15 is 0 Å². The van der Waals surface area contributed by atoms with Crippen molar-refractivity contribution in [2.24, 2.45) is 5.92 Å². The maximum Gasteiger partial charge on any atom is 0.303 e. The lowest BCUT2D eigenvalue weighted by Crippen LogP contribution is -2.39. The summed E-state index contributed by atoms with van der Waals surface area (Å²) >= 11 is 0. The van der Waals surface area contributed by atoms with Crippen molar-refractivity contribution in [3.63, 3.8) is 0 Å². The van der Waals surface area contributed by atoms with Crippen molar-refractivity contribution in [1.29, 1.82) is 0 Å². The van der Waals surface area contributed by atoms with Crippen molar-refractivity contribution in [3.05, 3.63) is 45.8 Å². The number of carboxylic acid groups (broad SMARTS) is 1. The second-order valence-corrected chi connectivity index (χ2v) is 6.55. The van der Waals surface area contributed by atoms with Crippen LogP contribution >= 0.6 is 0 Å². The number of rotatable bonds is 5. The first-order valence-electron chi connectivity index (χ1n) is 8.55. The Bertz CT molecular complexity index is 886. The number of hydrogen-bond acceptors (Lipinski definition) is 6. The van der Waals surface area contributed by atoms with E-state index in [0.717, 1.165) is 0 Å². The van der Waals surface area contributed by atoms with Crippen LogP contribution in [0, 0.1) is 23.0 Å². The SMILES string of the molecule is Cc1c(C(=O)N2CCC(CC(=O)O)CC2)nnn1-c1cccc([N+](=O)[O-])c1. The molecule has 142 valence electrons. The van der Waals surface area contributed by atoms with Crippen molar-refractivity contribution >= 4 is 17.6 Å². The predicted octanol–water partition coefficient (Wildman–Crippen LogP) is 1.81. The first kappa shape index (κ1) is 18.5. The molecule has 0 unspecified atom stereocenters. The molecule has 1 amide bonds. The van der Waals surface area contributed by atoms with Crippen LogP contribution < -0.4 is 0 Å². The van der Waals surface area contributed by atoms with Gasteiger partial charge in [-0.25, -0.2) is 4.68 Å². The zero-order chi connectivity index (χ0) is 19.6. The third-order valence-corrected chi connectivity index (χ3v) is 4.75. The fourth-order valence-corrected chi connectivity index (χ4v) is 3.25. The van der Waals surface area contributed by atoms with E-state index in [-0.39, 0.29) is 29.6 Å². The molecule has 3 rings (SSSR count). The van der Waals surface area contributed by atoms with Gasteiger partial charge in [-0.05, 0) is 31.7 Å². The van der Waals surface area contributed by atoms with Crippen molar-refractivity contribution in [3.8, 4) is 5.69 Å². The number of nitrogens with zero attached hydrogens (tertiary/aromatic N) is 5. The average molecular weight is 373 g/mol.